The molecule has 0 spiro atoms. The van der Waals surface area contributed by atoms with Crippen molar-refractivity contribution in [2.24, 2.45) is 4.99 Å². The van der Waals surface area contributed by atoms with E-state index in [1.54, 1.807) is 6.34 Å². The monoisotopic (exact) mass is 223 g/mol. The van der Waals surface area contributed by atoms with Crippen LogP contribution in [0.3, 0.4) is 0 Å². The van der Waals surface area contributed by atoms with Gasteiger partial charge >= 0.3 is 0 Å². The third-order valence-corrected chi connectivity index (χ3v) is 2.43. The van der Waals surface area contributed by atoms with Crippen LogP contribution in [0.2, 0.25) is 0 Å². The van der Waals surface area contributed by atoms with Gasteiger partial charge in [-0.3, -0.25) is 0 Å². The van der Waals surface area contributed by atoms with Crippen LogP contribution in [0, 0.1) is 11.3 Å². The minimum Gasteiger partial charge on any atom is -0.369 e. The molecule has 0 amide bonds. The fraction of sp³-hybridized carbons (Fsp3) is 0.143. The molecule has 0 N–H and O–H groups in total. The first-order chi connectivity index (χ1) is 8.22. The van der Waals surface area contributed by atoms with Crippen molar-refractivity contribution in [3.05, 3.63) is 42.0 Å². The van der Waals surface area contributed by atoms with E-state index in [2.05, 4.69) is 11.1 Å². The lowest BCUT2D eigenvalue weighted by Gasteiger charge is -2.01. The topological polar surface area (TPSA) is 39.4 Å². The molecule has 0 aromatic rings. The Bertz CT molecular complexity index is 564. The summed E-state index contributed by atoms with van der Waals surface area (Å²) in [5.41, 5.74) is 3.34. The highest BCUT2D eigenvalue weighted by atomic mass is 15.1. The lowest BCUT2D eigenvalue weighted by Crippen LogP contribution is -2.06. The molecule has 0 saturated heterocycles. The summed E-state index contributed by atoms with van der Waals surface area (Å²) >= 11 is 0. The molecular weight excluding hydrogens is 210 g/mol. The quantitative estimate of drug-likeness (QED) is 0.580. The van der Waals surface area contributed by atoms with E-state index in [1.807, 2.05) is 55.4 Å². The van der Waals surface area contributed by atoms with Crippen molar-refractivity contribution in [2.75, 3.05) is 14.1 Å². The molecule has 0 saturated carbocycles. The van der Waals surface area contributed by atoms with Crippen molar-refractivity contribution in [3.63, 3.8) is 0 Å². The number of hydrogen-bond donors (Lipinski definition) is 0. The van der Waals surface area contributed by atoms with Gasteiger partial charge in [-0.25, -0.2) is 4.99 Å². The number of hydrogen-bond acceptors (Lipinski definition) is 2. The molecule has 0 aromatic heterocycles. The molecule has 2 aliphatic carbocycles. The molecule has 84 valence electrons. The molecule has 0 unspecified atom stereocenters. The fourth-order valence-electron chi connectivity index (χ4n) is 1.67. The Labute approximate surface area is 101 Å². The first-order valence-corrected chi connectivity index (χ1v) is 5.35. The fourth-order valence-corrected chi connectivity index (χ4v) is 1.67. The van der Waals surface area contributed by atoms with Gasteiger partial charge in [-0.05, 0) is 11.6 Å². The van der Waals surface area contributed by atoms with Gasteiger partial charge in [0.15, 0.2) is 0 Å². The Morgan fingerprint density at radius 1 is 1.24 bits per heavy atom. The van der Waals surface area contributed by atoms with E-state index in [4.69, 9.17) is 0 Å². The molecule has 0 radical (unpaired) electrons. The molecule has 2 aliphatic rings. The van der Waals surface area contributed by atoms with Crippen molar-refractivity contribution < 1.29 is 0 Å². The van der Waals surface area contributed by atoms with Gasteiger partial charge in [0.05, 0.1) is 17.6 Å². The first kappa shape index (κ1) is 11.2. The van der Waals surface area contributed by atoms with Crippen LogP contribution >= 0.6 is 0 Å². The predicted molar refractivity (Wildman–Crippen MR) is 69.6 cm³/mol. The van der Waals surface area contributed by atoms with Crippen LogP contribution in [-0.2, 0) is 0 Å². The van der Waals surface area contributed by atoms with Gasteiger partial charge in [0.2, 0.25) is 0 Å². The molecule has 0 atom stereocenters. The van der Waals surface area contributed by atoms with Crippen LogP contribution in [0.4, 0.5) is 5.69 Å². The third kappa shape index (κ3) is 2.26. The zero-order valence-corrected chi connectivity index (χ0v) is 9.88. The third-order valence-electron chi connectivity index (χ3n) is 2.43. The number of aliphatic imine (C=N–C) groups is 1. The summed E-state index contributed by atoms with van der Waals surface area (Å²) in [6.07, 6.45) is 1.70. The minimum atomic E-state index is 0.634. The second-order valence-corrected chi connectivity index (χ2v) is 4.00. The summed E-state index contributed by atoms with van der Waals surface area (Å²) in [6, 6.07) is 13.9. The van der Waals surface area contributed by atoms with E-state index in [0.29, 0.717) is 5.56 Å². The number of fused-ring (bicyclic) bond motifs is 1. The van der Waals surface area contributed by atoms with Gasteiger partial charge in [0.25, 0.3) is 0 Å². The highest BCUT2D eigenvalue weighted by Gasteiger charge is 2.13. The summed E-state index contributed by atoms with van der Waals surface area (Å²) in [5.74, 6) is 0. The maximum absolute atomic E-state index is 9.21. The molecule has 0 fully saturated rings. The van der Waals surface area contributed by atoms with Gasteiger partial charge in [0, 0.05) is 19.7 Å². The predicted octanol–water partition coefficient (Wildman–Crippen LogP) is 2.88. The number of nitrogens with zero attached hydrogens (tertiary/aromatic N) is 3. The highest BCUT2D eigenvalue weighted by molar-refractivity contribution is 5.84. The molecule has 0 heterocycles. The SMILES string of the molecule is CN(C)C=Nc1cc2cccccc-2c1C#N. The summed E-state index contributed by atoms with van der Waals surface area (Å²) in [4.78, 5) is 6.16. The van der Waals surface area contributed by atoms with Crippen LogP contribution in [0.15, 0.2) is 41.4 Å². The molecule has 0 aromatic carbocycles. The smallest absolute Gasteiger partial charge is 0.102 e. The minimum absolute atomic E-state index is 0.634. The molecule has 0 aliphatic heterocycles. The number of rotatable bonds is 2. The van der Waals surface area contributed by atoms with E-state index in [-0.39, 0.29) is 0 Å². The maximum Gasteiger partial charge on any atom is 0.102 e. The molecule has 2 rings (SSSR count). The maximum atomic E-state index is 9.21. The van der Waals surface area contributed by atoms with E-state index in [1.165, 1.54) is 0 Å². The summed E-state index contributed by atoms with van der Waals surface area (Å²) in [6.45, 7) is 0. The molecular formula is C14H13N3. The largest absolute Gasteiger partial charge is 0.369 e. The summed E-state index contributed by atoms with van der Waals surface area (Å²) in [7, 11) is 3.80. The first-order valence-electron chi connectivity index (χ1n) is 5.35. The Balaban J connectivity index is 2.58. The Morgan fingerprint density at radius 2 is 2.00 bits per heavy atom. The zero-order chi connectivity index (χ0) is 12.3. The van der Waals surface area contributed by atoms with Gasteiger partial charge in [-0.1, -0.05) is 30.3 Å². The Morgan fingerprint density at radius 3 is 2.71 bits per heavy atom. The lowest BCUT2D eigenvalue weighted by atomic mass is 10.1. The van der Waals surface area contributed by atoms with Crippen molar-refractivity contribution in [1.82, 2.24) is 4.90 Å². The second kappa shape index (κ2) is 4.67. The zero-order valence-electron chi connectivity index (χ0n) is 9.88. The van der Waals surface area contributed by atoms with Crippen molar-refractivity contribution in [2.45, 2.75) is 0 Å². The van der Waals surface area contributed by atoms with Crippen molar-refractivity contribution >= 4 is 12.0 Å². The Kier molecular flexibility index (Phi) is 3.06. The van der Waals surface area contributed by atoms with Crippen LogP contribution < -0.4 is 0 Å². The molecule has 0 bridgehead atoms. The van der Waals surface area contributed by atoms with E-state index >= 15 is 0 Å². The van der Waals surface area contributed by atoms with Crippen LogP contribution in [0.25, 0.3) is 11.1 Å². The average Bonchev–Trinajstić information content (AvgIpc) is 2.46. The number of nitriles is 1. The van der Waals surface area contributed by atoms with Gasteiger partial charge < -0.3 is 4.90 Å². The molecule has 3 heteroatoms. The average molecular weight is 223 g/mol. The standard InChI is InChI=1S/C14H13N3/c1-17(2)10-16-14-8-11-6-4-3-5-7-12(11)13(14)9-15/h3-8,10H,1-2H3. The second-order valence-electron chi connectivity index (χ2n) is 4.00. The van der Waals surface area contributed by atoms with Gasteiger partial charge in [-0.15, -0.1) is 0 Å². The molecule has 3 nitrogen and oxygen atoms in total. The Hall–Kier alpha value is -2.34. The van der Waals surface area contributed by atoms with E-state index in [0.717, 1.165) is 16.8 Å². The van der Waals surface area contributed by atoms with Crippen LogP contribution in [0.1, 0.15) is 5.56 Å². The van der Waals surface area contributed by atoms with Crippen molar-refractivity contribution in [1.29, 1.82) is 5.26 Å². The van der Waals surface area contributed by atoms with E-state index < -0.39 is 0 Å². The highest BCUT2D eigenvalue weighted by Crippen LogP contribution is 2.35. The molecule has 17 heavy (non-hydrogen) atoms. The van der Waals surface area contributed by atoms with Gasteiger partial charge in [0.1, 0.15) is 6.07 Å². The van der Waals surface area contributed by atoms with E-state index in [9.17, 15) is 5.26 Å². The van der Waals surface area contributed by atoms with Crippen LogP contribution in [0.5, 0.6) is 0 Å². The lowest BCUT2D eigenvalue weighted by molar-refractivity contribution is 0.643. The summed E-state index contributed by atoms with van der Waals surface area (Å²) in [5, 5.41) is 9.21. The van der Waals surface area contributed by atoms with Gasteiger partial charge in [-0.2, -0.15) is 5.26 Å². The normalized spacial score (nSPS) is 10.6. The summed E-state index contributed by atoms with van der Waals surface area (Å²) < 4.78 is 0. The van der Waals surface area contributed by atoms with Crippen molar-refractivity contribution in [3.8, 4) is 17.2 Å². The van der Waals surface area contributed by atoms with Crippen LogP contribution in [-0.4, -0.2) is 25.3 Å².